The summed E-state index contributed by atoms with van der Waals surface area (Å²) in [5.41, 5.74) is 5.77. The Balaban J connectivity index is 1.82. The van der Waals surface area contributed by atoms with E-state index in [4.69, 9.17) is 0 Å². The number of nitro groups is 1. The van der Waals surface area contributed by atoms with Gasteiger partial charge in [-0.25, -0.2) is 15.0 Å². The van der Waals surface area contributed by atoms with Crippen LogP contribution in [0, 0.1) is 17.0 Å². The molecule has 0 aliphatic carbocycles. The molecule has 1 amide bonds. The van der Waals surface area contributed by atoms with Gasteiger partial charge >= 0.3 is 5.69 Å². The Morgan fingerprint density at radius 2 is 1.78 bits per heavy atom. The van der Waals surface area contributed by atoms with Crippen LogP contribution in [0.15, 0.2) is 55.0 Å². The molecule has 2 heterocycles. The number of hydrogen-bond donors (Lipinski definition) is 3. The summed E-state index contributed by atoms with van der Waals surface area (Å²) in [6, 6.07) is 11.9. The van der Waals surface area contributed by atoms with Gasteiger partial charge in [-0.15, -0.1) is 0 Å². The van der Waals surface area contributed by atoms with Crippen molar-refractivity contribution in [2.75, 3.05) is 10.7 Å². The van der Waals surface area contributed by atoms with Crippen molar-refractivity contribution in [2.45, 2.75) is 6.92 Å². The van der Waals surface area contributed by atoms with E-state index in [0.717, 1.165) is 11.9 Å². The molecule has 0 aliphatic rings. The standard InChI is InChI=1S/C17H15N7O3/c1-11-7-8-13(18-9-11)21-15-14(24(26)27)16(20-10-19-15)22-23-17(25)12-5-3-2-4-6-12/h2-10H,1H3,(H,23,25)(H2,18,19,20,21,22). The zero-order valence-corrected chi connectivity index (χ0v) is 14.2. The molecule has 3 rings (SSSR count). The van der Waals surface area contributed by atoms with Crippen LogP contribution in [0.3, 0.4) is 0 Å². The summed E-state index contributed by atoms with van der Waals surface area (Å²) in [6.07, 6.45) is 2.76. The number of amides is 1. The highest BCUT2D eigenvalue weighted by Gasteiger charge is 2.24. The van der Waals surface area contributed by atoms with Crippen molar-refractivity contribution in [3.8, 4) is 0 Å². The van der Waals surface area contributed by atoms with E-state index in [1.165, 1.54) is 0 Å². The van der Waals surface area contributed by atoms with Crippen LogP contribution in [0.2, 0.25) is 0 Å². The third kappa shape index (κ3) is 4.31. The van der Waals surface area contributed by atoms with Crippen LogP contribution in [-0.2, 0) is 0 Å². The first-order valence-electron chi connectivity index (χ1n) is 7.85. The van der Waals surface area contributed by atoms with E-state index in [1.54, 1.807) is 42.6 Å². The minimum Gasteiger partial charge on any atom is -0.319 e. The second-order valence-corrected chi connectivity index (χ2v) is 5.47. The van der Waals surface area contributed by atoms with Crippen LogP contribution < -0.4 is 16.2 Å². The molecule has 3 N–H and O–H groups in total. The number of anilines is 3. The van der Waals surface area contributed by atoms with Gasteiger partial charge in [0.25, 0.3) is 5.91 Å². The van der Waals surface area contributed by atoms with Crippen molar-refractivity contribution in [2.24, 2.45) is 0 Å². The van der Waals surface area contributed by atoms with Gasteiger partial charge in [0.05, 0.1) is 4.92 Å². The van der Waals surface area contributed by atoms with Gasteiger partial charge < -0.3 is 5.32 Å². The molecular weight excluding hydrogens is 350 g/mol. The smallest absolute Gasteiger partial charge is 0.319 e. The van der Waals surface area contributed by atoms with Gasteiger partial charge in [-0.05, 0) is 30.7 Å². The Kier molecular flexibility index (Phi) is 5.17. The van der Waals surface area contributed by atoms with Gasteiger partial charge in [0.15, 0.2) is 0 Å². The number of nitrogens with zero attached hydrogens (tertiary/aromatic N) is 4. The van der Waals surface area contributed by atoms with Crippen LogP contribution in [0.25, 0.3) is 0 Å². The van der Waals surface area contributed by atoms with Gasteiger partial charge in [-0.3, -0.25) is 25.8 Å². The first-order chi connectivity index (χ1) is 13.0. The fourth-order valence-electron chi connectivity index (χ4n) is 2.18. The second-order valence-electron chi connectivity index (χ2n) is 5.47. The number of nitrogens with one attached hydrogen (secondary N) is 3. The Labute approximate surface area is 153 Å². The maximum Gasteiger partial charge on any atom is 0.355 e. The lowest BCUT2D eigenvalue weighted by molar-refractivity contribution is -0.383. The zero-order chi connectivity index (χ0) is 19.2. The lowest BCUT2D eigenvalue weighted by atomic mass is 10.2. The van der Waals surface area contributed by atoms with E-state index in [9.17, 15) is 14.9 Å². The monoisotopic (exact) mass is 365 g/mol. The van der Waals surface area contributed by atoms with E-state index in [2.05, 4.69) is 31.1 Å². The molecule has 1 aromatic carbocycles. The Bertz CT molecular complexity index is 962. The number of aromatic nitrogens is 3. The van der Waals surface area contributed by atoms with Crippen LogP contribution in [0.5, 0.6) is 0 Å². The summed E-state index contributed by atoms with van der Waals surface area (Å²) in [4.78, 5) is 34.8. The van der Waals surface area contributed by atoms with Gasteiger partial charge in [0.2, 0.25) is 11.6 Å². The molecule has 0 spiro atoms. The molecule has 136 valence electrons. The third-order valence-corrected chi connectivity index (χ3v) is 3.49. The Morgan fingerprint density at radius 3 is 2.44 bits per heavy atom. The fourth-order valence-corrected chi connectivity index (χ4v) is 2.18. The highest BCUT2D eigenvalue weighted by Crippen LogP contribution is 2.30. The first kappa shape index (κ1) is 17.7. The van der Waals surface area contributed by atoms with Gasteiger partial charge in [0.1, 0.15) is 12.1 Å². The van der Waals surface area contributed by atoms with Crippen molar-refractivity contribution in [1.29, 1.82) is 0 Å². The van der Waals surface area contributed by atoms with E-state index < -0.39 is 16.5 Å². The fraction of sp³-hybridized carbons (Fsp3) is 0.0588. The molecule has 0 unspecified atom stereocenters. The molecule has 0 saturated heterocycles. The number of carbonyl (C=O) groups is 1. The molecule has 3 aromatic rings. The summed E-state index contributed by atoms with van der Waals surface area (Å²) < 4.78 is 0. The highest BCUT2D eigenvalue weighted by molar-refractivity contribution is 5.95. The normalized spacial score (nSPS) is 10.1. The molecule has 0 fully saturated rings. The van der Waals surface area contributed by atoms with Gasteiger partial charge in [-0.2, -0.15) is 0 Å². The van der Waals surface area contributed by atoms with E-state index in [-0.39, 0.29) is 11.6 Å². The lowest BCUT2D eigenvalue weighted by Crippen LogP contribution is -2.30. The SMILES string of the molecule is Cc1ccc(Nc2ncnc(NNC(=O)c3ccccc3)c2[N+](=O)[O-])nc1. The predicted octanol–water partition coefficient (Wildman–Crippen LogP) is 2.59. The van der Waals surface area contributed by atoms with Crippen LogP contribution >= 0.6 is 0 Å². The number of rotatable bonds is 6. The molecule has 0 radical (unpaired) electrons. The first-order valence-corrected chi connectivity index (χ1v) is 7.85. The molecule has 0 atom stereocenters. The number of hydrazine groups is 1. The van der Waals surface area contributed by atoms with Crippen LogP contribution in [0.4, 0.5) is 23.1 Å². The molecule has 0 saturated carbocycles. The van der Waals surface area contributed by atoms with Crippen molar-refractivity contribution < 1.29 is 9.72 Å². The summed E-state index contributed by atoms with van der Waals surface area (Å²) in [5.74, 6) is -0.281. The van der Waals surface area contributed by atoms with Gasteiger partial charge in [0, 0.05) is 11.8 Å². The number of benzene rings is 1. The third-order valence-electron chi connectivity index (χ3n) is 3.49. The lowest BCUT2D eigenvalue weighted by Gasteiger charge is -2.10. The van der Waals surface area contributed by atoms with E-state index in [0.29, 0.717) is 11.4 Å². The summed E-state index contributed by atoms with van der Waals surface area (Å²) in [7, 11) is 0. The Hall–Kier alpha value is -4.08. The number of hydrogen-bond acceptors (Lipinski definition) is 8. The average Bonchev–Trinajstić information content (AvgIpc) is 2.68. The number of pyridine rings is 1. The van der Waals surface area contributed by atoms with E-state index >= 15 is 0 Å². The largest absolute Gasteiger partial charge is 0.355 e. The summed E-state index contributed by atoms with van der Waals surface area (Å²) >= 11 is 0. The molecule has 10 nitrogen and oxygen atoms in total. The van der Waals surface area contributed by atoms with Crippen molar-refractivity contribution >= 4 is 29.0 Å². The molecule has 10 heteroatoms. The quantitative estimate of drug-likeness (QED) is 0.448. The maximum absolute atomic E-state index is 12.1. The second kappa shape index (κ2) is 7.87. The predicted molar refractivity (Wildman–Crippen MR) is 98.5 cm³/mol. The minimum absolute atomic E-state index is 0.0530. The molecule has 0 bridgehead atoms. The number of carbonyl (C=O) groups excluding carboxylic acids is 1. The minimum atomic E-state index is -0.645. The topological polar surface area (TPSA) is 135 Å². The Morgan fingerprint density at radius 1 is 1.04 bits per heavy atom. The summed E-state index contributed by atoms with van der Waals surface area (Å²) in [6.45, 7) is 1.88. The maximum atomic E-state index is 12.1. The van der Waals surface area contributed by atoms with Crippen molar-refractivity contribution in [1.82, 2.24) is 20.4 Å². The van der Waals surface area contributed by atoms with Crippen molar-refractivity contribution in [3.05, 3.63) is 76.2 Å². The van der Waals surface area contributed by atoms with E-state index in [1.807, 2.05) is 13.0 Å². The average molecular weight is 365 g/mol. The summed E-state index contributed by atoms with van der Waals surface area (Å²) in [5, 5.41) is 14.3. The van der Waals surface area contributed by atoms with Gasteiger partial charge in [-0.1, -0.05) is 24.3 Å². The van der Waals surface area contributed by atoms with Crippen LogP contribution in [-0.4, -0.2) is 25.8 Å². The van der Waals surface area contributed by atoms with Crippen molar-refractivity contribution in [3.63, 3.8) is 0 Å². The highest BCUT2D eigenvalue weighted by atomic mass is 16.6. The molecule has 27 heavy (non-hydrogen) atoms. The molecule has 0 aliphatic heterocycles. The zero-order valence-electron chi connectivity index (χ0n) is 14.2. The van der Waals surface area contributed by atoms with Crippen LogP contribution in [0.1, 0.15) is 15.9 Å². The number of aryl methyl sites for hydroxylation is 1. The molecular formula is C17H15N7O3. The molecule has 2 aromatic heterocycles.